The van der Waals surface area contributed by atoms with Crippen LogP contribution in [0.4, 0.5) is 5.13 Å². The van der Waals surface area contributed by atoms with Crippen LogP contribution in [0.15, 0.2) is 65.7 Å². The summed E-state index contributed by atoms with van der Waals surface area (Å²) in [7, 11) is -3.76. The first-order valence-corrected chi connectivity index (χ1v) is 9.83. The number of nitrogens with one attached hydrogen (secondary N) is 1. The van der Waals surface area contributed by atoms with Gasteiger partial charge in [0.1, 0.15) is 4.90 Å². The molecule has 0 amide bonds. The topological polar surface area (TPSA) is 76.9 Å². The highest BCUT2D eigenvalue weighted by atomic mass is 32.2. The molecule has 0 saturated carbocycles. The van der Waals surface area contributed by atoms with E-state index in [0.717, 1.165) is 15.9 Å². The van der Waals surface area contributed by atoms with Crippen molar-refractivity contribution < 1.29 is 8.42 Å². The minimum Gasteiger partial charge on any atom is -0.254 e. The molecule has 0 unspecified atom stereocenters. The summed E-state index contributed by atoms with van der Waals surface area (Å²) in [5.74, 6) is 0. The minimum absolute atomic E-state index is 0.135. The zero-order valence-corrected chi connectivity index (χ0v) is 14.9. The highest BCUT2D eigenvalue weighted by molar-refractivity contribution is 7.93. The predicted molar refractivity (Wildman–Crippen MR) is 98.7 cm³/mol. The SMILES string of the molecule is Cc1nn(-c2ccccc2)cc1S(=O)(=O)Nc1nc2ccccc2s1. The number of anilines is 1. The van der Waals surface area contributed by atoms with Gasteiger partial charge in [-0.2, -0.15) is 5.10 Å². The van der Waals surface area contributed by atoms with Crippen molar-refractivity contribution in [1.29, 1.82) is 0 Å². The number of sulfonamides is 1. The summed E-state index contributed by atoms with van der Waals surface area (Å²) >= 11 is 1.30. The van der Waals surface area contributed by atoms with Crippen molar-refractivity contribution in [3.63, 3.8) is 0 Å². The van der Waals surface area contributed by atoms with Crippen LogP contribution < -0.4 is 4.72 Å². The van der Waals surface area contributed by atoms with Crippen molar-refractivity contribution in [1.82, 2.24) is 14.8 Å². The molecule has 0 aliphatic carbocycles. The number of nitrogens with zero attached hydrogens (tertiary/aromatic N) is 3. The maximum absolute atomic E-state index is 12.7. The third kappa shape index (κ3) is 3.01. The maximum Gasteiger partial charge on any atom is 0.267 e. The van der Waals surface area contributed by atoms with Gasteiger partial charge in [-0.15, -0.1) is 0 Å². The molecule has 25 heavy (non-hydrogen) atoms. The van der Waals surface area contributed by atoms with Crippen LogP contribution in [0.3, 0.4) is 0 Å². The van der Waals surface area contributed by atoms with Gasteiger partial charge in [0.25, 0.3) is 10.0 Å². The molecule has 0 bridgehead atoms. The fraction of sp³-hybridized carbons (Fsp3) is 0.0588. The second-order valence-corrected chi connectivity index (χ2v) is 8.13. The Hall–Kier alpha value is -2.71. The number of hydrogen-bond donors (Lipinski definition) is 1. The first-order chi connectivity index (χ1) is 12.0. The molecule has 0 aliphatic rings. The van der Waals surface area contributed by atoms with E-state index in [1.165, 1.54) is 17.5 Å². The number of aromatic nitrogens is 3. The Bertz CT molecular complexity index is 1110. The molecule has 2 aromatic heterocycles. The molecule has 2 heterocycles. The second-order valence-electron chi connectivity index (χ2n) is 5.45. The van der Waals surface area contributed by atoms with E-state index in [1.54, 1.807) is 11.6 Å². The zero-order valence-electron chi connectivity index (χ0n) is 13.2. The van der Waals surface area contributed by atoms with Crippen molar-refractivity contribution in [2.75, 3.05) is 4.72 Å². The van der Waals surface area contributed by atoms with E-state index in [2.05, 4.69) is 14.8 Å². The molecule has 2 aromatic carbocycles. The quantitative estimate of drug-likeness (QED) is 0.595. The highest BCUT2D eigenvalue weighted by Gasteiger charge is 2.22. The summed E-state index contributed by atoms with van der Waals surface area (Å²) in [6.45, 7) is 1.67. The van der Waals surface area contributed by atoms with Crippen molar-refractivity contribution >= 4 is 36.7 Å². The van der Waals surface area contributed by atoms with Gasteiger partial charge in [-0.1, -0.05) is 41.7 Å². The molecule has 1 N–H and O–H groups in total. The summed E-state index contributed by atoms with van der Waals surface area (Å²) in [6.07, 6.45) is 1.51. The van der Waals surface area contributed by atoms with Crippen LogP contribution in [0.2, 0.25) is 0 Å². The van der Waals surface area contributed by atoms with Crippen LogP contribution in [0, 0.1) is 6.92 Å². The number of fused-ring (bicyclic) bond motifs is 1. The fourth-order valence-electron chi connectivity index (χ4n) is 2.51. The smallest absolute Gasteiger partial charge is 0.254 e. The van der Waals surface area contributed by atoms with Crippen molar-refractivity contribution in [2.45, 2.75) is 11.8 Å². The summed E-state index contributed by atoms with van der Waals surface area (Å²) in [6, 6.07) is 16.9. The molecule has 4 rings (SSSR count). The first kappa shape index (κ1) is 15.8. The van der Waals surface area contributed by atoms with Gasteiger partial charge in [-0.25, -0.2) is 18.1 Å². The molecule has 0 radical (unpaired) electrons. The van der Waals surface area contributed by atoms with Gasteiger partial charge in [-0.05, 0) is 31.2 Å². The number of benzene rings is 2. The van der Waals surface area contributed by atoms with Gasteiger partial charge in [0.05, 0.1) is 27.8 Å². The minimum atomic E-state index is -3.76. The average molecular weight is 370 g/mol. The molecule has 0 saturated heterocycles. The highest BCUT2D eigenvalue weighted by Crippen LogP contribution is 2.28. The Balaban J connectivity index is 1.69. The van der Waals surface area contributed by atoms with E-state index in [0.29, 0.717) is 10.8 Å². The Labute approximate surface area is 148 Å². The first-order valence-electron chi connectivity index (χ1n) is 7.53. The van der Waals surface area contributed by atoms with E-state index in [9.17, 15) is 8.42 Å². The molecule has 0 spiro atoms. The van der Waals surface area contributed by atoms with E-state index in [1.807, 2.05) is 54.6 Å². The normalized spacial score (nSPS) is 11.7. The van der Waals surface area contributed by atoms with Crippen LogP contribution in [-0.2, 0) is 10.0 Å². The molecule has 126 valence electrons. The van der Waals surface area contributed by atoms with Gasteiger partial charge >= 0.3 is 0 Å². The lowest BCUT2D eigenvalue weighted by Gasteiger charge is -2.03. The molecular weight excluding hydrogens is 356 g/mol. The summed E-state index contributed by atoms with van der Waals surface area (Å²) < 4.78 is 30.5. The van der Waals surface area contributed by atoms with Crippen molar-refractivity contribution in [3.8, 4) is 5.69 Å². The van der Waals surface area contributed by atoms with Crippen molar-refractivity contribution in [2.24, 2.45) is 0 Å². The fourth-order valence-corrected chi connectivity index (χ4v) is 4.77. The molecule has 4 aromatic rings. The third-order valence-corrected chi connectivity index (χ3v) is 6.20. The predicted octanol–water partition coefficient (Wildman–Crippen LogP) is 3.59. The monoisotopic (exact) mass is 370 g/mol. The van der Waals surface area contributed by atoms with E-state index >= 15 is 0 Å². The van der Waals surface area contributed by atoms with Gasteiger partial charge in [0, 0.05) is 0 Å². The Morgan fingerprint density at radius 2 is 1.76 bits per heavy atom. The van der Waals surface area contributed by atoms with Crippen LogP contribution in [0.5, 0.6) is 0 Å². The Morgan fingerprint density at radius 1 is 1.04 bits per heavy atom. The third-order valence-electron chi connectivity index (χ3n) is 3.68. The number of hydrogen-bond acceptors (Lipinski definition) is 5. The Kier molecular flexibility index (Phi) is 3.78. The van der Waals surface area contributed by atoms with Gasteiger partial charge < -0.3 is 0 Å². The van der Waals surface area contributed by atoms with Crippen LogP contribution >= 0.6 is 11.3 Å². The zero-order chi connectivity index (χ0) is 17.4. The van der Waals surface area contributed by atoms with Crippen LogP contribution in [0.1, 0.15) is 5.69 Å². The van der Waals surface area contributed by atoms with E-state index in [-0.39, 0.29) is 4.90 Å². The molecule has 0 aliphatic heterocycles. The van der Waals surface area contributed by atoms with Gasteiger partial charge in [-0.3, -0.25) is 4.72 Å². The lowest BCUT2D eigenvalue weighted by molar-refractivity contribution is 0.600. The molecule has 6 nitrogen and oxygen atoms in total. The van der Waals surface area contributed by atoms with E-state index in [4.69, 9.17) is 0 Å². The summed E-state index contributed by atoms with van der Waals surface area (Å²) in [5, 5.41) is 4.65. The molecule has 8 heteroatoms. The molecular formula is C17H14N4O2S2. The van der Waals surface area contributed by atoms with E-state index < -0.39 is 10.0 Å². The van der Waals surface area contributed by atoms with Crippen LogP contribution in [-0.4, -0.2) is 23.2 Å². The van der Waals surface area contributed by atoms with Crippen LogP contribution in [0.25, 0.3) is 15.9 Å². The van der Waals surface area contributed by atoms with Crippen molar-refractivity contribution in [3.05, 3.63) is 66.5 Å². The lowest BCUT2D eigenvalue weighted by Crippen LogP contribution is -2.13. The maximum atomic E-state index is 12.7. The molecule has 0 atom stereocenters. The largest absolute Gasteiger partial charge is 0.267 e. The number of rotatable bonds is 4. The average Bonchev–Trinajstić information content (AvgIpc) is 3.18. The van der Waals surface area contributed by atoms with Gasteiger partial charge in [0.2, 0.25) is 0 Å². The standard InChI is InChI=1S/C17H14N4O2S2/c1-12-16(11-21(19-12)13-7-3-2-4-8-13)25(22,23)20-17-18-14-9-5-6-10-15(14)24-17/h2-11H,1H3,(H,18,20). The Morgan fingerprint density at radius 3 is 2.52 bits per heavy atom. The lowest BCUT2D eigenvalue weighted by atomic mass is 10.3. The van der Waals surface area contributed by atoms with Gasteiger partial charge in [0.15, 0.2) is 5.13 Å². The summed E-state index contributed by atoms with van der Waals surface area (Å²) in [4.78, 5) is 4.45. The number of para-hydroxylation sites is 2. The summed E-state index contributed by atoms with van der Waals surface area (Å²) in [5.41, 5.74) is 1.99. The second kappa shape index (κ2) is 5.98. The number of aryl methyl sites for hydroxylation is 1. The number of thiazole rings is 1. The molecule has 0 fully saturated rings.